The summed E-state index contributed by atoms with van der Waals surface area (Å²) in [5.74, 6) is 1.04. The van der Waals surface area contributed by atoms with E-state index in [0.29, 0.717) is 23.1 Å². The van der Waals surface area contributed by atoms with E-state index in [1.165, 1.54) is 6.08 Å². The maximum Gasteiger partial charge on any atom is 0.248 e. The van der Waals surface area contributed by atoms with Crippen molar-refractivity contribution in [2.24, 2.45) is 0 Å². The third-order valence-corrected chi connectivity index (χ3v) is 4.90. The summed E-state index contributed by atoms with van der Waals surface area (Å²) in [5, 5.41) is 3.63. The zero-order valence-electron chi connectivity index (χ0n) is 17.2. The number of hydrogen-bond acceptors (Lipinski definition) is 3. The molecule has 0 bridgehead atoms. The van der Waals surface area contributed by atoms with Gasteiger partial charge in [-0.1, -0.05) is 48.0 Å². The third-order valence-electron chi connectivity index (χ3n) is 4.65. The van der Waals surface area contributed by atoms with E-state index in [4.69, 9.17) is 21.1 Å². The number of ether oxygens (including phenoxy) is 2. The van der Waals surface area contributed by atoms with Crippen molar-refractivity contribution < 1.29 is 14.3 Å². The highest BCUT2D eigenvalue weighted by Gasteiger charge is 2.07. The molecule has 0 heterocycles. The fraction of sp³-hybridized carbons (Fsp3) is 0.160. The minimum absolute atomic E-state index is 0.186. The molecule has 1 N–H and O–H groups in total. The maximum absolute atomic E-state index is 12.3. The van der Waals surface area contributed by atoms with Crippen LogP contribution in [0.3, 0.4) is 0 Å². The highest BCUT2D eigenvalue weighted by Crippen LogP contribution is 2.29. The topological polar surface area (TPSA) is 47.6 Å². The first kappa shape index (κ1) is 21.5. The molecule has 5 heteroatoms. The van der Waals surface area contributed by atoms with Gasteiger partial charge in [0, 0.05) is 16.8 Å². The van der Waals surface area contributed by atoms with Crippen molar-refractivity contribution in [3.05, 3.63) is 94.0 Å². The van der Waals surface area contributed by atoms with E-state index in [-0.39, 0.29) is 5.91 Å². The smallest absolute Gasteiger partial charge is 0.248 e. The van der Waals surface area contributed by atoms with Crippen LogP contribution >= 0.6 is 11.6 Å². The average molecular weight is 422 g/mol. The number of hydrogen-bond donors (Lipinski definition) is 1. The van der Waals surface area contributed by atoms with E-state index in [1.807, 2.05) is 74.5 Å². The summed E-state index contributed by atoms with van der Waals surface area (Å²) in [6.07, 6.45) is 3.25. The first-order valence-electron chi connectivity index (χ1n) is 9.57. The molecule has 0 fully saturated rings. The van der Waals surface area contributed by atoms with Gasteiger partial charge in [0.1, 0.15) is 6.61 Å². The van der Waals surface area contributed by atoms with Crippen LogP contribution < -0.4 is 14.8 Å². The number of amides is 1. The molecule has 3 aromatic carbocycles. The summed E-state index contributed by atoms with van der Waals surface area (Å²) in [4.78, 5) is 12.3. The van der Waals surface area contributed by atoms with Gasteiger partial charge < -0.3 is 14.8 Å². The predicted molar refractivity (Wildman–Crippen MR) is 122 cm³/mol. The van der Waals surface area contributed by atoms with Gasteiger partial charge in [-0.15, -0.1) is 0 Å². The number of methoxy groups -OCH3 is 1. The van der Waals surface area contributed by atoms with Crippen LogP contribution in [0.4, 0.5) is 5.69 Å². The highest BCUT2D eigenvalue weighted by molar-refractivity contribution is 6.30. The number of anilines is 1. The molecule has 0 aliphatic rings. The molecule has 0 atom stereocenters. The van der Waals surface area contributed by atoms with Crippen molar-refractivity contribution in [2.45, 2.75) is 20.5 Å². The number of benzene rings is 3. The van der Waals surface area contributed by atoms with Gasteiger partial charge in [-0.25, -0.2) is 0 Å². The van der Waals surface area contributed by atoms with Crippen LogP contribution in [0.2, 0.25) is 5.02 Å². The zero-order chi connectivity index (χ0) is 21.5. The monoisotopic (exact) mass is 421 g/mol. The second kappa shape index (κ2) is 9.99. The summed E-state index contributed by atoms with van der Waals surface area (Å²) in [6, 6.07) is 18.9. The molecule has 0 aromatic heterocycles. The van der Waals surface area contributed by atoms with E-state index in [9.17, 15) is 4.79 Å². The van der Waals surface area contributed by atoms with Gasteiger partial charge in [0.15, 0.2) is 11.5 Å². The van der Waals surface area contributed by atoms with Crippen LogP contribution in [0, 0.1) is 13.8 Å². The summed E-state index contributed by atoms with van der Waals surface area (Å²) in [5.41, 5.74) is 4.74. The fourth-order valence-electron chi connectivity index (χ4n) is 3.00. The van der Waals surface area contributed by atoms with Gasteiger partial charge in [-0.2, -0.15) is 0 Å². The SMILES string of the molecule is COc1cc(C=CC(=O)Nc2c(C)cccc2C)ccc1OCc1ccc(Cl)cc1. The zero-order valence-corrected chi connectivity index (χ0v) is 18.0. The Bertz CT molecular complexity index is 1040. The number of nitrogens with one attached hydrogen (secondary N) is 1. The molecule has 0 saturated carbocycles. The Kier molecular flexibility index (Phi) is 7.15. The Morgan fingerprint density at radius 1 is 1.00 bits per heavy atom. The van der Waals surface area contributed by atoms with Gasteiger partial charge >= 0.3 is 0 Å². The van der Waals surface area contributed by atoms with Gasteiger partial charge in [-0.05, 0) is 66.4 Å². The largest absolute Gasteiger partial charge is 0.493 e. The van der Waals surface area contributed by atoms with Crippen molar-refractivity contribution in [3.63, 3.8) is 0 Å². The molecule has 0 spiro atoms. The van der Waals surface area contributed by atoms with Crippen molar-refractivity contribution in [3.8, 4) is 11.5 Å². The normalized spacial score (nSPS) is 10.8. The van der Waals surface area contributed by atoms with Gasteiger partial charge in [0.25, 0.3) is 0 Å². The quantitative estimate of drug-likeness (QED) is 0.462. The molecular formula is C25H24ClNO3. The summed E-state index contributed by atoms with van der Waals surface area (Å²) in [7, 11) is 1.59. The minimum atomic E-state index is -0.186. The standard InChI is InChI=1S/C25H24ClNO3/c1-17-5-4-6-18(2)25(17)27-24(28)14-10-19-9-13-22(23(15-19)29-3)30-16-20-7-11-21(26)12-8-20/h4-15H,16H2,1-3H3,(H,27,28). The van der Waals surface area contributed by atoms with Crippen molar-refractivity contribution in [2.75, 3.05) is 12.4 Å². The maximum atomic E-state index is 12.3. The lowest BCUT2D eigenvalue weighted by molar-refractivity contribution is -0.111. The lowest BCUT2D eigenvalue weighted by atomic mass is 10.1. The highest BCUT2D eigenvalue weighted by atomic mass is 35.5. The molecule has 0 saturated heterocycles. The second-order valence-corrected chi connectivity index (χ2v) is 7.35. The van der Waals surface area contributed by atoms with Crippen LogP contribution in [0.25, 0.3) is 6.08 Å². The Balaban J connectivity index is 1.66. The van der Waals surface area contributed by atoms with E-state index in [0.717, 1.165) is 27.9 Å². The number of para-hydroxylation sites is 1. The van der Waals surface area contributed by atoms with Crippen LogP contribution in [-0.4, -0.2) is 13.0 Å². The molecular weight excluding hydrogens is 398 g/mol. The van der Waals surface area contributed by atoms with E-state index in [2.05, 4.69) is 5.32 Å². The Morgan fingerprint density at radius 2 is 1.70 bits per heavy atom. The van der Waals surface area contributed by atoms with Crippen LogP contribution in [-0.2, 0) is 11.4 Å². The molecule has 3 rings (SSSR count). The Morgan fingerprint density at radius 3 is 2.37 bits per heavy atom. The third kappa shape index (κ3) is 5.65. The molecule has 0 radical (unpaired) electrons. The molecule has 0 unspecified atom stereocenters. The number of carbonyl (C=O) groups is 1. The van der Waals surface area contributed by atoms with E-state index < -0.39 is 0 Å². The molecule has 0 aliphatic carbocycles. The van der Waals surface area contributed by atoms with Crippen LogP contribution in [0.5, 0.6) is 11.5 Å². The molecule has 4 nitrogen and oxygen atoms in total. The van der Waals surface area contributed by atoms with Crippen LogP contribution in [0.1, 0.15) is 22.3 Å². The molecule has 1 amide bonds. The number of rotatable bonds is 7. The lowest BCUT2D eigenvalue weighted by Crippen LogP contribution is -2.10. The van der Waals surface area contributed by atoms with Crippen molar-refractivity contribution in [1.29, 1.82) is 0 Å². The Hall–Kier alpha value is -3.24. The predicted octanol–water partition coefficient (Wildman–Crippen LogP) is 6.20. The molecule has 154 valence electrons. The molecule has 0 aliphatic heterocycles. The second-order valence-electron chi connectivity index (χ2n) is 6.91. The molecule has 3 aromatic rings. The minimum Gasteiger partial charge on any atom is -0.493 e. The van der Waals surface area contributed by atoms with Gasteiger partial charge in [0.2, 0.25) is 5.91 Å². The number of carbonyl (C=O) groups excluding carboxylic acids is 1. The van der Waals surface area contributed by atoms with Gasteiger partial charge in [-0.3, -0.25) is 4.79 Å². The van der Waals surface area contributed by atoms with E-state index in [1.54, 1.807) is 13.2 Å². The number of aryl methyl sites for hydroxylation is 2. The Labute approximate surface area is 182 Å². The van der Waals surface area contributed by atoms with Crippen molar-refractivity contribution in [1.82, 2.24) is 0 Å². The molecule has 30 heavy (non-hydrogen) atoms. The van der Waals surface area contributed by atoms with Crippen LogP contribution in [0.15, 0.2) is 66.7 Å². The lowest BCUT2D eigenvalue weighted by Gasteiger charge is -2.12. The van der Waals surface area contributed by atoms with Gasteiger partial charge in [0.05, 0.1) is 7.11 Å². The fourth-order valence-corrected chi connectivity index (χ4v) is 3.12. The average Bonchev–Trinajstić information content (AvgIpc) is 2.75. The summed E-state index contributed by atoms with van der Waals surface area (Å²) < 4.78 is 11.3. The number of halogens is 1. The summed E-state index contributed by atoms with van der Waals surface area (Å²) >= 11 is 5.91. The first-order valence-corrected chi connectivity index (χ1v) is 9.94. The van der Waals surface area contributed by atoms with Crippen molar-refractivity contribution >= 4 is 29.3 Å². The van der Waals surface area contributed by atoms with E-state index >= 15 is 0 Å². The first-order chi connectivity index (χ1) is 14.5. The summed E-state index contributed by atoms with van der Waals surface area (Å²) in [6.45, 7) is 4.35.